The van der Waals surface area contributed by atoms with Gasteiger partial charge in [-0.2, -0.15) is 0 Å². The molecule has 0 aromatic heterocycles. The van der Waals surface area contributed by atoms with Crippen LogP contribution in [0.25, 0.3) is 0 Å². The van der Waals surface area contributed by atoms with E-state index >= 15 is 0 Å². The topological polar surface area (TPSA) is 66.8 Å². The van der Waals surface area contributed by atoms with Crippen molar-refractivity contribution >= 4 is 5.97 Å². The first-order valence-electron chi connectivity index (χ1n) is 11.2. The van der Waals surface area contributed by atoms with Crippen LogP contribution in [-0.2, 0) is 9.53 Å². The summed E-state index contributed by atoms with van der Waals surface area (Å²) in [6, 6.07) is 0. The summed E-state index contributed by atoms with van der Waals surface area (Å²) in [5.41, 5.74) is 5.96. The summed E-state index contributed by atoms with van der Waals surface area (Å²) in [4.78, 5) is 11.4. The number of aliphatic hydroxyl groups excluding tert-OH is 2. The molecule has 164 valence electrons. The average molecular weight is 405 g/mol. The van der Waals surface area contributed by atoms with Gasteiger partial charge in [0, 0.05) is 18.9 Å². The van der Waals surface area contributed by atoms with Crippen LogP contribution in [0.3, 0.4) is 0 Å². The van der Waals surface area contributed by atoms with Crippen LogP contribution in [-0.4, -0.2) is 35.5 Å². The van der Waals surface area contributed by atoms with E-state index in [-0.39, 0.29) is 37.6 Å². The van der Waals surface area contributed by atoms with Gasteiger partial charge in [-0.25, -0.2) is 0 Å². The molecule has 4 nitrogen and oxygen atoms in total. The zero-order valence-corrected chi connectivity index (χ0v) is 18.8. The summed E-state index contributed by atoms with van der Waals surface area (Å²) in [6.45, 7) is 9.26. The lowest BCUT2D eigenvalue weighted by Gasteiger charge is -2.35. The Morgan fingerprint density at radius 2 is 2.00 bits per heavy atom. The van der Waals surface area contributed by atoms with E-state index in [1.165, 1.54) is 24.8 Å². The van der Waals surface area contributed by atoms with Crippen molar-refractivity contribution in [3.63, 3.8) is 0 Å². The highest BCUT2D eigenvalue weighted by molar-refractivity contribution is 5.72. The molecule has 1 aliphatic carbocycles. The van der Waals surface area contributed by atoms with Crippen molar-refractivity contribution in [2.45, 2.75) is 91.6 Å². The molecule has 0 radical (unpaired) electrons. The zero-order chi connectivity index (χ0) is 21.4. The van der Waals surface area contributed by atoms with Gasteiger partial charge >= 0.3 is 5.97 Å². The Labute approximate surface area is 176 Å². The zero-order valence-electron chi connectivity index (χ0n) is 18.8. The summed E-state index contributed by atoms with van der Waals surface area (Å²) >= 11 is 0. The Bertz CT molecular complexity index is 654. The van der Waals surface area contributed by atoms with Crippen LogP contribution >= 0.6 is 0 Å². The molecule has 2 N–H and O–H groups in total. The summed E-state index contributed by atoms with van der Waals surface area (Å²) in [5, 5.41) is 19.0. The number of rotatable bonds is 10. The molecule has 2 rings (SSSR count). The first kappa shape index (κ1) is 23.9. The number of hydrogen-bond acceptors (Lipinski definition) is 4. The minimum absolute atomic E-state index is 0.0254. The SMILES string of the molecule is CC1=C(CC/C(C)=C/CC/C(=C/C[C@H]2OC(=O)C[C@@H]2CO)CO)C(C)(C)CCC1. The van der Waals surface area contributed by atoms with Crippen molar-refractivity contribution < 1.29 is 19.7 Å². The van der Waals surface area contributed by atoms with Gasteiger partial charge in [-0.1, -0.05) is 42.7 Å². The van der Waals surface area contributed by atoms with E-state index in [9.17, 15) is 15.0 Å². The quantitative estimate of drug-likeness (QED) is 0.385. The number of cyclic esters (lactones) is 1. The van der Waals surface area contributed by atoms with Gasteiger partial charge in [0.05, 0.1) is 13.0 Å². The second-order valence-corrected chi connectivity index (χ2v) is 9.52. The minimum atomic E-state index is -0.262. The summed E-state index contributed by atoms with van der Waals surface area (Å²) < 4.78 is 5.28. The third-order valence-corrected chi connectivity index (χ3v) is 6.73. The van der Waals surface area contributed by atoms with Crippen molar-refractivity contribution in [3.8, 4) is 0 Å². The van der Waals surface area contributed by atoms with Gasteiger partial charge in [0.15, 0.2) is 0 Å². The Hall–Kier alpha value is -1.39. The number of hydrogen-bond donors (Lipinski definition) is 2. The van der Waals surface area contributed by atoms with Crippen molar-refractivity contribution in [2.75, 3.05) is 13.2 Å². The number of carbonyl (C=O) groups excluding carboxylic acids is 1. The van der Waals surface area contributed by atoms with E-state index < -0.39 is 0 Å². The van der Waals surface area contributed by atoms with Crippen LogP contribution in [0, 0.1) is 11.3 Å². The Morgan fingerprint density at radius 3 is 2.66 bits per heavy atom. The third kappa shape index (κ3) is 7.11. The Kier molecular flexibility index (Phi) is 9.16. The molecule has 1 heterocycles. The highest BCUT2D eigenvalue weighted by Gasteiger charge is 2.33. The molecule has 2 aliphatic rings. The number of esters is 1. The number of carbonyl (C=O) groups is 1. The van der Waals surface area contributed by atoms with Gasteiger partial charge in [0.1, 0.15) is 6.10 Å². The number of ether oxygens (including phenoxy) is 1. The molecule has 1 aliphatic heterocycles. The molecule has 0 spiro atoms. The van der Waals surface area contributed by atoms with Gasteiger partial charge in [0.25, 0.3) is 0 Å². The number of aliphatic hydroxyl groups is 2. The van der Waals surface area contributed by atoms with Crippen molar-refractivity contribution in [1.29, 1.82) is 0 Å². The van der Waals surface area contributed by atoms with E-state index in [4.69, 9.17) is 4.74 Å². The predicted molar refractivity (Wildman–Crippen MR) is 117 cm³/mol. The molecule has 1 fully saturated rings. The molecule has 0 amide bonds. The highest BCUT2D eigenvalue weighted by Crippen LogP contribution is 2.42. The molecule has 29 heavy (non-hydrogen) atoms. The van der Waals surface area contributed by atoms with E-state index in [1.54, 1.807) is 11.1 Å². The smallest absolute Gasteiger partial charge is 0.306 e. The van der Waals surface area contributed by atoms with E-state index in [0.717, 1.165) is 31.3 Å². The molecular weight excluding hydrogens is 364 g/mol. The minimum Gasteiger partial charge on any atom is -0.462 e. The van der Waals surface area contributed by atoms with Crippen LogP contribution in [0.5, 0.6) is 0 Å². The maximum absolute atomic E-state index is 11.4. The molecule has 0 unspecified atom stereocenters. The van der Waals surface area contributed by atoms with E-state index in [1.807, 2.05) is 6.08 Å². The first-order valence-corrected chi connectivity index (χ1v) is 11.2. The van der Waals surface area contributed by atoms with Crippen molar-refractivity contribution in [1.82, 2.24) is 0 Å². The van der Waals surface area contributed by atoms with Crippen LogP contribution in [0.4, 0.5) is 0 Å². The van der Waals surface area contributed by atoms with Gasteiger partial charge in [-0.05, 0) is 69.8 Å². The van der Waals surface area contributed by atoms with Gasteiger partial charge in [-0.3, -0.25) is 4.79 Å². The van der Waals surface area contributed by atoms with Crippen molar-refractivity contribution in [3.05, 3.63) is 34.4 Å². The Morgan fingerprint density at radius 1 is 1.24 bits per heavy atom. The molecule has 0 aromatic carbocycles. The normalized spacial score (nSPS) is 25.5. The third-order valence-electron chi connectivity index (χ3n) is 6.73. The highest BCUT2D eigenvalue weighted by atomic mass is 16.6. The summed E-state index contributed by atoms with van der Waals surface area (Å²) in [7, 11) is 0. The predicted octanol–water partition coefficient (Wildman–Crippen LogP) is 5.25. The molecule has 0 saturated carbocycles. The van der Waals surface area contributed by atoms with Crippen LogP contribution < -0.4 is 0 Å². The second kappa shape index (κ2) is 11.1. The lowest BCUT2D eigenvalue weighted by Crippen LogP contribution is -2.20. The largest absolute Gasteiger partial charge is 0.462 e. The molecular formula is C25H40O4. The summed E-state index contributed by atoms with van der Waals surface area (Å²) in [6.07, 6.45) is 12.7. The molecule has 1 saturated heterocycles. The maximum Gasteiger partial charge on any atom is 0.306 e. The molecule has 0 bridgehead atoms. The molecule has 2 atom stereocenters. The van der Waals surface area contributed by atoms with Gasteiger partial charge in [-0.15, -0.1) is 0 Å². The maximum atomic E-state index is 11.4. The van der Waals surface area contributed by atoms with Gasteiger partial charge in [0.2, 0.25) is 0 Å². The van der Waals surface area contributed by atoms with Crippen LogP contribution in [0.15, 0.2) is 34.4 Å². The summed E-state index contributed by atoms with van der Waals surface area (Å²) in [5.74, 6) is -0.360. The fourth-order valence-corrected chi connectivity index (χ4v) is 4.76. The lowest BCUT2D eigenvalue weighted by atomic mass is 9.71. The van der Waals surface area contributed by atoms with E-state index in [2.05, 4.69) is 33.8 Å². The van der Waals surface area contributed by atoms with Crippen LogP contribution in [0.2, 0.25) is 0 Å². The van der Waals surface area contributed by atoms with Crippen molar-refractivity contribution in [2.24, 2.45) is 11.3 Å². The molecule has 0 aromatic rings. The monoisotopic (exact) mass is 404 g/mol. The standard InChI is InChI=1S/C25H40O4/c1-18(10-12-22-19(2)8-6-14-25(22,3)4)7-5-9-20(16-26)11-13-23-21(17-27)15-24(28)29-23/h7,11,21,23,26-27H,5-6,8-10,12-17H2,1-4H3/b18-7+,20-11-/t21-,23-/m1/s1. The Balaban J connectivity index is 1.81. The average Bonchev–Trinajstić information content (AvgIpc) is 3.03. The fraction of sp³-hybridized carbons (Fsp3) is 0.720. The number of allylic oxidation sites excluding steroid dienone is 4. The first-order chi connectivity index (χ1) is 13.8. The second-order valence-electron chi connectivity index (χ2n) is 9.52. The van der Waals surface area contributed by atoms with E-state index in [0.29, 0.717) is 11.8 Å². The lowest BCUT2D eigenvalue weighted by molar-refractivity contribution is -0.141. The van der Waals surface area contributed by atoms with Crippen LogP contribution in [0.1, 0.15) is 85.5 Å². The molecule has 4 heteroatoms. The fourth-order valence-electron chi connectivity index (χ4n) is 4.76. The van der Waals surface area contributed by atoms with Gasteiger partial charge < -0.3 is 14.9 Å².